The zero-order valence-corrected chi connectivity index (χ0v) is 10.9. The van der Waals surface area contributed by atoms with E-state index in [1.165, 1.54) is 12.1 Å². The van der Waals surface area contributed by atoms with Gasteiger partial charge >= 0.3 is 5.97 Å². The first-order valence-electron chi connectivity index (χ1n) is 4.88. The fraction of sp³-hybridized carbons (Fsp3) is 0.273. The molecule has 0 fully saturated rings. The lowest BCUT2D eigenvalue weighted by Crippen LogP contribution is -2.06. The number of carbonyl (C=O) groups excluding carboxylic acids is 1. The molecular formula is C11H11Cl2NO3. The van der Waals surface area contributed by atoms with Crippen LogP contribution in [0.25, 0.3) is 0 Å². The maximum absolute atomic E-state index is 11.6. The number of oxime groups is 1. The van der Waals surface area contributed by atoms with E-state index in [9.17, 15) is 4.79 Å². The van der Waals surface area contributed by atoms with Crippen molar-refractivity contribution in [1.82, 2.24) is 0 Å². The third-order valence-electron chi connectivity index (χ3n) is 1.76. The topological polar surface area (TPSA) is 47.9 Å². The highest BCUT2D eigenvalue weighted by molar-refractivity contribution is 6.35. The second kappa shape index (κ2) is 6.47. The van der Waals surface area contributed by atoms with E-state index >= 15 is 0 Å². The number of halogens is 2. The van der Waals surface area contributed by atoms with E-state index in [2.05, 4.69) is 9.99 Å². The van der Waals surface area contributed by atoms with Gasteiger partial charge in [-0.3, -0.25) is 0 Å². The number of nitrogens with zero attached hydrogens (tertiary/aromatic N) is 1. The van der Waals surface area contributed by atoms with Crippen molar-refractivity contribution in [2.45, 2.75) is 13.8 Å². The van der Waals surface area contributed by atoms with Crippen LogP contribution < -0.4 is 0 Å². The van der Waals surface area contributed by atoms with Gasteiger partial charge in [0.25, 0.3) is 0 Å². The predicted octanol–water partition coefficient (Wildman–Crippen LogP) is 3.52. The maximum atomic E-state index is 11.6. The Morgan fingerprint density at radius 1 is 1.41 bits per heavy atom. The molecule has 0 atom stereocenters. The number of benzene rings is 1. The molecule has 1 aromatic rings. The van der Waals surface area contributed by atoms with Gasteiger partial charge in [0.2, 0.25) is 5.90 Å². The average Bonchev–Trinajstić information content (AvgIpc) is 2.29. The second-order valence-electron chi connectivity index (χ2n) is 3.05. The quantitative estimate of drug-likeness (QED) is 0.367. The Morgan fingerprint density at radius 3 is 2.76 bits per heavy atom. The minimum absolute atomic E-state index is 0.159. The molecular weight excluding hydrogens is 265 g/mol. The van der Waals surface area contributed by atoms with Crippen LogP contribution in [0.2, 0.25) is 10.0 Å². The number of hydrogen-bond donors (Lipinski definition) is 0. The molecule has 0 heterocycles. The number of rotatable bonds is 3. The first kappa shape index (κ1) is 13.8. The van der Waals surface area contributed by atoms with E-state index in [0.29, 0.717) is 11.6 Å². The van der Waals surface area contributed by atoms with E-state index in [4.69, 9.17) is 27.9 Å². The third kappa shape index (κ3) is 4.24. The van der Waals surface area contributed by atoms with Crippen molar-refractivity contribution in [2.75, 3.05) is 6.61 Å². The summed E-state index contributed by atoms with van der Waals surface area (Å²) in [6.07, 6.45) is 0. The van der Waals surface area contributed by atoms with Gasteiger partial charge in [0, 0.05) is 11.9 Å². The minimum atomic E-state index is -0.684. The van der Waals surface area contributed by atoms with Gasteiger partial charge in [0.05, 0.1) is 17.2 Å². The summed E-state index contributed by atoms with van der Waals surface area (Å²) in [5, 5.41) is 4.15. The van der Waals surface area contributed by atoms with Gasteiger partial charge < -0.3 is 9.57 Å². The smallest absolute Gasteiger partial charge is 0.367 e. The molecule has 0 saturated heterocycles. The summed E-state index contributed by atoms with van der Waals surface area (Å²) in [4.78, 5) is 16.3. The molecule has 0 aliphatic rings. The van der Waals surface area contributed by atoms with E-state index in [1.807, 2.05) is 0 Å². The van der Waals surface area contributed by atoms with E-state index in [0.717, 1.165) is 0 Å². The number of carbonyl (C=O) groups is 1. The van der Waals surface area contributed by atoms with Crippen LogP contribution in [0.3, 0.4) is 0 Å². The van der Waals surface area contributed by atoms with E-state index in [1.54, 1.807) is 19.9 Å². The molecule has 0 spiro atoms. The molecule has 4 nitrogen and oxygen atoms in total. The van der Waals surface area contributed by atoms with Crippen molar-refractivity contribution in [3.63, 3.8) is 0 Å². The molecule has 0 aliphatic carbocycles. The number of ether oxygens (including phenoxy) is 1. The molecule has 92 valence electrons. The molecule has 0 aliphatic heterocycles. The zero-order valence-electron chi connectivity index (χ0n) is 9.37. The average molecular weight is 276 g/mol. The monoisotopic (exact) mass is 275 g/mol. The summed E-state index contributed by atoms with van der Waals surface area (Å²) in [5.41, 5.74) is 0.159. The minimum Gasteiger partial charge on any atom is -0.479 e. The van der Waals surface area contributed by atoms with Gasteiger partial charge in [-0.15, -0.1) is 0 Å². The zero-order chi connectivity index (χ0) is 12.8. The first-order chi connectivity index (χ1) is 8.04. The molecule has 1 rings (SSSR count). The van der Waals surface area contributed by atoms with Crippen LogP contribution in [0, 0.1) is 0 Å². The molecule has 0 amide bonds. The fourth-order valence-electron chi connectivity index (χ4n) is 1.04. The van der Waals surface area contributed by atoms with Gasteiger partial charge in [0.1, 0.15) is 0 Å². The van der Waals surface area contributed by atoms with Gasteiger partial charge in [-0.05, 0) is 30.3 Å². The lowest BCUT2D eigenvalue weighted by molar-refractivity contribution is 0.0501. The Kier molecular flexibility index (Phi) is 5.25. The van der Waals surface area contributed by atoms with Crippen LogP contribution >= 0.6 is 23.2 Å². The maximum Gasteiger partial charge on any atom is 0.367 e. The van der Waals surface area contributed by atoms with Gasteiger partial charge in [-0.25, -0.2) is 4.79 Å². The van der Waals surface area contributed by atoms with Crippen LogP contribution in [0.5, 0.6) is 0 Å². The van der Waals surface area contributed by atoms with Crippen molar-refractivity contribution in [3.8, 4) is 0 Å². The van der Waals surface area contributed by atoms with Crippen LogP contribution in [-0.4, -0.2) is 18.5 Å². The lowest BCUT2D eigenvalue weighted by atomic mass is 10.2. The van der Waals surface area contributed by atoms with Gasteiger partial charge in [0.15, 0.2) is 0 Å². The third-order valence-corrected chi connectivity index (χ3v) is 2.32. The summed E-state index contributed by atoms with van der Waals surface area (Å²) in [7, 11) is 0. The molecule has 0 aromatic heterocycles. The Hall–Kier alpha value is -1.26. The van der Waals surface area contributed by atoms with Crippen molar-refractivity contribution in [2.24, 2.45) is 5.16 Å². The molecule has 1 aromatic carbocycles. The molecule has 0 saturated carbocycles. The van der Waals surface area contributed by atoms with Crippen LogP contribution in [0.1, 0.15) is 24.2 Å². The molecule has 0 N–H and O–H groups in total. The Morgan fingerprint density at radius 2 is 2.12 bits per heavy atom. The highest BCUT2D eigenvalue weighted by Gasteiger charge is 2.12. The second-order valence-corrected chi connectivity index (χ2v) is 3.89. The van der Waals surface area contributed by atoms with Crippen LogP contribution in [-0.2, 0) is 9.57 Å². The predicted molar refractivity (Wildman–Crippen MR) is 66.6 cm³/mol. The Balaban J connectivity index is 2.76. The molecule has 0 bridgehead atoms. The Labute approximate surface area is 109 Å². The fourth-order valence-corrected chi connectivity index (χ4v) is 1.41. The highest BCUT2D eigenvalue weighted by atomic mass is 35.5. The molecule has 0 radical (unpaired) electrons. The van der Waals surface area contributed by atoms with Gasteiger partial charge in [-0.2, -0.15) is 0 Å². The molecule has 6 heteroatoms. The van der Waals surface area contributed by atoms with Crippen LogP contribution in [0.15, 0.2) is 23.4 Å². The normalized spacial score (nSPS) is 11.2. The highest BCUT2D eigenvalue weighted by Crippen LogP contribution is 2.21. The van der Waals surface area contributed by atoms with Crippen molar-refractivity contribution in [3.05, 3.63) is 33.8 Å². The summed E-state index contributed by atoms with van der Waals surface area (Å²) < 4.78 is 5.00. The van der Waals surface area contributed by atoms with Crippen molar-refractivity contribution >= 4 is 35.1 Å². The van der Waals surface area contributed by atoms with E-state index in [-0.39, 0.29) is 16.5 Å². The molecule has 17 heavy (non-hydrogen) atoms. The van der Waals surface area contributed by atoms with Gasteiger partial charge in [-0.1, -0.05) is 23.2 Å². The SMILES string of the molecule is CCO/C(C)=N\OC(=O)c1cc(Cl)ccc1Cl. The van der Waals surface area contributed by atoms with Crippen molar-refractivity contribution in [1.29, 1.82) is 0 Å². The largest absolute Gasteiger partial charge is 0.479 e. The first-order valence-corrected chi connectivity index (χ1v) is 5.64. The number of hydrogen-bond acceptors (Lipinski definition) is 4. The lowest BCUT2D eigenvalue weighted by Gasteiger charge is -2.03. The summed E-state index contributed by atoms with van der Waals surface area (Å²) >= 11 is 11.6. The summed E-state index contributed by atoms with van der Waals surface area (Å²) in [6, 6.07) is 4.51. The summed E-state index contributed by atoms with van der Waals surface area (Å²) in [5.74, 6) is -0.421. The van der Waals surface area contributed by atoms with Crippen LogP contribution in [0.4, 0.5) is 0 Å². The standard InChI is InChI=1S/C11H11Cl2NO3/c1-3-16-7(2)14-17-11(15)9-6-8(12)4-5-10(9)13/h4-6H,3H2,1-2H3/b14-7-. The summed E-state index contributed by atoms with van der Waals surface area (Å²) in [6.45, 7) is 3.83. The Bertz CT molecular complexity index is 446. The van der Waals surface area contributed by atoms with Crippen molar-refractivity contribution < 1.29 is 14.4 Å². The van der Waals surface area contributed by atoms with E-state index < -0.39 is 5.97 Å². The molecule has 0 unspecified atom stereocenters.